The number of aromatic nitrogens is 2. The number of carbonyl (C=O) groups is 1. The third-order valence-corrected chi connectivity index (χ3v) is 6.05. The van der Waals surface area contributed by atoms with Crippen molar-refractivity contribution in [2.45, 2.75) is 32.2 Å². The Kier molecular flexibility index (Phi) is 6.09. The zero-order valence-corrected chi connectivity index (χ0v) is 18.7. The minimum Gasteiger partial charge on any atom is -0.497 e. The van der Waals surface area contributed by atoms with Crippen molar-refractivity contribution >= 4 is 5.91 Å². The largest absolute Gasteiger partial charge is 0.497 e. The summed E-state index contributed by atoms with van der Waals surface area (Å²) < 4.78 is 7.34. The van der Waals surface area contributed by atoms with Gasteiger partial charge in [0.05, 0.1) is 18.8 Å². The van der Waals surface area contributed by atoms with E-state index in [1.165, 1.54) is 0 Å². The van der Waals surface area contributed by atoms with Gasteiger partial charge < -0.3 is 15.0 Å². The molecule has 162 valence electrons. The summed E-state index contributed by atoms with van der Waals surface area (Å²) in [5, 5.41) is 7.88. The average molecular weight is 419 g/mol. The van der Waals surface area contributed by atoms with Gasteiger partial charge in [-0.1, -0.05) is 30.3 Å². The molecule has 1 aliphatic rings. The van der Waals surface area contributed by atoms with Gasteiger partial charge in [0.15, 0.2) is 5.69 Å². The molecule has 0 aliphatic heterocycles. The Morgan fingerprint density at radius 3 is 2.74 bits per heavy atom. The second-order valence-corrected chi connectivity index (χ2v) is 8.29. The molecule has 4 rings (SSSR count). The second kappa shape index (κ2) is 8.94. The van der Waals surface area contributed by atoms with Crippen LogP contribution >= 0.6 is 0 Å². The molecule has 0 radical (unpaired) electrons. The molecule has 0 fully saturated rings. The topological polar surface area (TPSA) is 59.4 Å². The predicted octanol–water partition coefficient (Wildman–Crippen LogP) is 3.71. The third-order valence-electron chi connectivity index (χ3n) is 6.05. The summed E-state index contributed by atoms with van der Waals surface area (Å²) >= 11 is 0. The number of methoxy groups -OCH3 is 1. The maximum atomic E-state index is 13.2. The van der Waals surface area contributed by atoms with Crippen LogP contribution in [-0.2, 0) is 12.8 Å². The normalized spacial score (nSPS) is 13.8. The van der Waals surface area contributed by atoms with E-state index < -0.39 is 0 Å². The molecule has 0 saturated carbocycles. The SMILES string of the molecule is COc1cccc(C(CNC(=O)c2nn(-c3ccccc3C)c3c2CCC3)N(C)C)c1. The van der Waals surface area contributed by atoms with E-state index in [2.05, 4.69) is 35.3 Å². The Balaban J connectivity index is 1.57. The van der Waals surface area contributed by atoms with Crippen LogP contribution in [0, 0.1) is 6.92 Å². The van der Waals surface area contributed by atoms with Gasteiger partial charge in [0.25, 0.3) is 5.91 Å². The Hall–Kier alpha value is -3.12. The fraction of sp³-hybridized carbons (Fsp3) is 0.360. The van der Waals surface area contributed by atoms with E-state index in [0.29, 0.717) is 12.2 Å². The molecule has 6 nitrogen and oxygen atoms in total. The maximum absolute atomic E-state index is 13.2. The van der Waals surface area contributed by atoms with Crippen molar-refractivity contribution in [1.82, 2.24) is 20.0 Å². The van der Waals surface area contributed by atoms with Crippen LogP contribution in [-0.4, -0.2) is 48.3 Å². The van der Waals surface area contributed by atoms with Gasteiger partial charge in [0.2, 0.25) is 0 Å². The zero-order chi connectivity index (χ0) is 22.0. The number of para-hydroxylation sites is 1. The molecule has 1 atom stereocenters. The number of ether oxygens (including phenoxy) is 1. The highest BCUT2D eigenvalue weighted by molar-refractivity contribution is 5.94. The van der Waals surface area contributed by atoms with E-state index in [9.17, 15) is 4.79 Å². The fourth-order valence-electron chi connectivity index (χ4n) is 4.34. The highest BCUT2D eigenvalue weighted by Crippen LogP contribution is 2.29. The molecule has 0 saturated heterocycles. The molecular weight excluding hydrogens is 388 g/mol. The Morgan fingerprint density at radius 1 is 1.19 bits per heavy atom. The molecule has 31 heavy (non-hydrogen) atoms. The molecule has 3 aromatic rings. The fourth-order valence-corrected chi connectivity index (χ4v) is 4.34. The summed E-state index contributed by atoms with van der Waals surface area (Å²) in [6.45, 7) is 2.57. The molecule has 1 heterocycles. The van der Waals surface area contributed by atoms with Gasteiger partial charge in [-0.3, -0.25) is 4.79 Å². The first-order valence-corrected chi connectivity index (χ1v) is 10.7. The second-order valence-electron chi connectivity index (χ2n) is 8.29. The van der Waals surface area contributed by atoms with Crippen molar-refractivity contribution in [2.75, 3.05) is 27.7 Å². The minimum absolute atomic E-state index is 0.0329. The Labute approximate surface area is 183 Å². The average Bonchev–Trinajstić information content (AvgIpc) is 3.37. The lowest BCUT2D eigenvalue weighted by Gasteiger charge is -2.25. The lowest BCUT2D eigenvalue weighted by atomic mass is 10.1. The molecule has 1 unspecified atom stereocenters. The number of hydrogen-bond acceptors (Lipinski definition) is 4. The molecule has 1 N–H and O–H groups in total. The smallest absolute Gasteiger partial charge is 0.272 e. The van der Waals surface area contributed by atoms with E-state index in [-0.39, 0.29) is 11.9 Å². The van der Waals surface area contributed by atoms with Crippen molar-refractivity contribution in [1.29, 1.82) is 0 Å². The molecule has 0 bridgehead atoms. The number of benzene rings is 2. The molecule has 6 heteroatoms. The highest BCUT2D eigenvalue weighted by atomic mass is 16.5. The number of fused-ring (bicyclic) bond motifs is 1. The van der Waals surface area contributed by atoms with E-state index >= 15 is 0 Å². The van der Waals surface area contributed by atoms with E-state index in [4.69, 9.17) is 9.84 Å². The van der Waals surface area contributed by atoms with Crippen molar-refractivity contribution in [2.24, 2.45) is 0 Å². The van der Waals surface area contributed by atoms with Crippen LogP contribution in [0.5, 0.6) is 5.75 Å². The van der Waals surface area contributed by atoms with Crippen molar-refractivity contribution in [3.8, 4) is 11.4 Å². The zero-order valence-electron chi connectivity index (χ0n) is 18.7. The minimum atomic E-state index is -0.111. The van der Waals surface area contributed by atoms with Gasteiger partial charge in [0, 0.05) is 17.8 Å². The lowest BCUT2D eigenvalue weighted by molar-refractivity contribution is 0.0935. The maximum Gasteiger partial charge on any atom is 0.272 e. The Bertz CT molecular complexity index is 1090. The number of nitrogens with one attached hydrogen (secondary N) is 1. The van der Waals surface area contributed by atoms with E-state index in [0.717, 1.165) is 53.1 Å². The lowest BCUT2D eigenvalue weighted by Crippen LogP contribution is -2.35. The monoisotopic (exact) mass is 418 g/mol. The molecule has 1 amide bonds. The van der Waals surface area contributed by atoms with Crippen LogP contribution in [0.2, 0.25) is 0 Å². The first-order chi connectivity index (χ1) is 15.0. The summed E-state index contributed by atoms with van der Waals surface area (Å²) in [5.41, 5.74) is 6.10. The van der Waals surface area contributed by atoms with Crippen LogP contribution in [0.25, 0.3) is 5.69 Å². The number of amides is 1. The highest BCUT2D eigenvalue weighted by Gasteiger charge is 2.28. The predicted molar refractivity (Wildman–Crippen MR) is 122 cm³/mol. The van der Waals surface area contributed by atoms with Gasteiger partial charge >= 0.3 is 0 Å². The Morgan fingerprint density at radius 2 is 2.00 bits per heavy atom. The summed E-state index contributed by atoms with van der Waals surface area (Å²) in [5.74, 6) is 0.700. The number of nitrogens with zero attached hydrogens (tertiary/aromatic N) is 3. The van der Waals surface area contributed by atoms with Crippen LogP contribution < -0.4 is 10.1 Å². The van der Waals surface area contributed by atoms with Crippen molar-refractivity contribution in [3.63, 3.8) is 0 Å². The van der Waals surface area contributed by atoms with Crippen molar-refractivity contribution in [3.05, 3.63) is 76.6 Å². The molecular formula is C25H30N4O2. The standard InChI is InChI=1S/C25H30N4O2/c1-17-9-5-6-13-21(17)29-22-14-8-12-20(22)24(27-29)25(30)26-16-23(28(2)3)18-10-7-11-19(15-18)31-4/h5-7,9-11,13,15,23H,8,12,14,16H2,1-4H3,(H,26,30). The van der Waals surface area contributed by atoms with Crippen LogP contribution in [0.4, 0.5) is 0 Å². The van der Waals surface area contributed by atoms with Crippen LogP contribution in [0.15, 0.2) is 48.5 Å². The summed E-state index contributed by atoms with van der Waals surface area (Å²) in [6, 6.07) is 16.2. The number of hydrogen-bond donors (Lipinski definition) is 1. The summed E-state index contributed by atoms with van der Waals surface area (Å²) in [6.07, 6.45) is 2.91. The molecule has 2 aromatic carbocycles. The summed E-state index contributed by atoms with van der Waals surface area (Å²) in [7, 11) is 5.69. The summed E-state index contributed by atoms with van der Waals surface area (Å²) in [4.78, 5) is 15.3. The van der Waals surface area contributed by atoms with Crippen molar-refractivity contribution < 1.29 is 9.53 Å². The van der Waals surface area contributed by atoms with Gasteiger partial charge in [-0.05, 0) is 69.6 Å². The van der Waals surface area contributed by atoms with E-state index in [1.54, 1.807) is 7.11 Å². The number of carbonyl (C=O) groups excluding carboxylic acids is 1. The number of likely N-dealkylation sites (N-methyl/N-ethyl adjacent to an activating group) is 1. The van der Waals surface area contributed by atoms with Gasteiger partial charge in [0.1, 0.15) is 5.75 Å². The first-order valence-electron chi connectivity index (χ1n) is 10.7. The van der Waals surface area contributed by atoms with E-state index in [1.807, 2.05) is 49.1 Å². The number of aryl methyl sites for hydroxylation is 1. The van der Waals surface area contributed by atoms with Gasteiger partial charge in [-0.15, -0.1) is 0 Å². The third kappa shape index (κ3) is 4.21. The molecule has 0 spiro atoms. The van der Waals surface area contributed by atoms with Gasteiger partial charge in [-0.25, -0.2) is 4.68 Å². The van der Waals surface area contributed by atoms with Crippen LogP contribution in [0.3, 0.4) is 0 Å². The quantitative estimate of drug-likeness (QED) is 0.635. The van der Waals surface area contributed by atoms with Gasteiger partial charge in [-0.2, -0.15) is 5.10 Å². The number of rotatable bonds is 7. The molecule has 1 aliphatic carbocycles. The molecule has 1 aromatic heterocycles. The first kappa shape index (κ1) is 21.1. The van der Waals surface area contributed by atoms with Crippen LogP contribution in [0.1, 0.15) is 45.3 Å².